The molecule has 0 fully saturated rings. The number of hydrogen-bond donors (Lipinski definition) is 0. The van der Waals surface area contributed by atoms with Gasteiger partial charge >= 0.3 is 12.1 Å². The van der Waals surface area contributed by atoms with Gasteiger partial charge in [-0.15, -0.1) is 0 Å². The fourth-order valence-electron chi connectivity index (χ4n) is 2.39. The molecule has 0 atom stereocenters. The zero-order valence-electron chi connectivity index (χ0n) is 13.9. The number of hydrogen-bond acceptors (Lipinski definition) is 3. The van der Waals surface area contributed by atoms with E-state index in [9.17, 15) is 22.8 Å². The second kappa shape index (κ2) is 7.45. The zero-order valence-corrected chi connectivity index (χ0v) is 13.9. The van der Waals surface area contributed by atoms with Gasteiger partial charge < -0.3 is 4.74 Å². The highest BCUT2D eigenvalue weighted by Crippen LogP contribution is 2.29. The average Bonchev–Trinajstić information content (AvgIpc) is 2.68. The summed E-state index contributed by atoms with van der Waals surface area (Å²) in [5, 5.41) is 0. The number of rotatable bonds is 4. The van der Waals surface area contributed by atoms with Crippen LogP contribution in [0, 0.1) is 0 Å². The van der Waals surface area contributed by atoms with Gasteiger partial charge in [-0.2, -0.15) is 13.2 Å². The fourth-order valence-corrected chi connectivity index (χ4v) is 2.39. The van der Waals surface area contributed by atoms with Crippen LogP contribution in [0.4, 0.5) is 13.2 Å². The van der Waals surface area contributed by atoms with Gasteiger partial charge in [0, 0.05) is 11.1 Å². The molecule has 136 valence electrons. The van der Waals surface area contributed by atoms with Crippen LogP contribution in [-0.4, -0.2) is 11.8 Å². The number of carbonyl (C=O) groups is 2. The first kappa shape index (κ1) is 18.4. The second-order valence-corrected chi connectivity index (χ2v) is 5.68. The Balaban J connectivity index is 1.69. The number of esters is 1. The fraction of sp³-hybridized carbons (Fsp3) is 0.0476. The van der Waals surface area contributed by atoms with Crippen LogP contribution in [0.15, 0.2) is 78.9 Å². The molecule has 0 unspecified atom stereocenters. The van der Waals surface area contributed by atoms with Crippen LogP contribution in [0.2, 0.25) is 0 Å². The lowest BCUT2D eigenvalue weighted by Crippen LogP contribution is -2.10. The molecule has 0 spiro atoms. The SMILES string of the molecule is O=C(Oc1ccc(C(=O)c2ccccc2)cc1)c1ccc(C(F)(F)F)cc1. The maximum atomic E-state index is 12.5. The molecular formula is C21H13F3O3. The van der Waals surface area contributed by atoms with Gasteiger partial charge in [0.15, 0.2) is 5.78 Å². The minimum absolute atomic E-state index is 0.00700. The van der Waals surface area contributed by atoms with Crippen molar-refractivity contribution in [3.05, 3.63) is 101 Å². The van der Waals surface area contributed by atoms with Crippen molar-refractivity contribution in [2.45, 2.75) is 6.18 Å². The molecule has 0 aliphatic heterocycles. The Bertz CT molecular complexity index is 945. The Morgan fingerprint density at radius 1 is 0.667 bits per heavy atom. The minimum atomic E-state index is -4.47. The van der Waals surface area contributed by atoms with Crippen molar-refractivity contribution >= 4 is 11.8 Å². The van der Waals surface area contributed by atoms with Crippen LogP contribution in [0.5, 0.6) is 5.75 Å². The summed E-state index contributed by atoms with van der Waals surface area (Å²) in [5.74, 6) is -0.772. The van der Waals surface area contributed by atoms with Crippen molar-refractivity contribution in [3.8, 4) is 5.75 Å². The van der Waals surface area contributed by atoms with E-state index in [-0.39, 0.29) is 17.1 Å². The summed E-state index contributed by atoms with van der Waals surface area (Å²) in [7, 11) is 0. The van der Waals surface area contributed by atoms with Crippen LogP contribution in [0.25, 0.3) is 0 Å². The smallest absolute Gasteiger partial charge is 0.416 e. The number of alkyl halides is 3. The molecule has 3 aromatic rings. The van der Waals surface area contributed by atoms with Crippen molar-refractivity contribution in [2.24, 2.45) is 0 Å². The van der Waals surface area contributed by atoms with Crippen molar-refractivity contribution in [1.29, 1.82) is 0 Å². The number of ketones is 1. The summed E-state index contributed by atoms with van der Waals surface area (Å²) in [4.78, 5) is 24.4. The molecule has 0 aliphatic rings. The third-order valence-corrected chi connectivity index (χ3v) is 3.81. The van der Waals surface area contributed by atoms with Crippen LogP contribution < -0.4 is 4.74 Å². The lowest BCUT2D eigenvalue weighted by atomic mass is 10.0. The van der Waals surface area contributed by atoms with Gasteiger partial charge in [0.05, 0.1) is 11.1 Å². The van der Waals surface area contributed by atoms with Crippen LogP contribution in [0.3, 0.4) is 0 Å². The Hall–Kier alpha value is -3.41. The van der Waals surface area contributed by atoms with E-state index >= 15 is 0 Å². The third kappa shape index (κ3) is 4.41. The van der Waals surface area contributed by atoms with Crippen LogP contribution in [0.1, 0.15) is 31.8 Å². The first-order valence-electron chi connectivity index (χ1n) is 7.94. The molecule has 3 rings (SSSR count). The molecule has 0 heterocycles. The molecule has 0 saturated heterocycles. The molecule has 27 heavy (non-hydrogen) atoms. The molecule has 0 N–H and O–H groups in total. The molecule has 3 nitrogen and oxygen atoms in total. The molecule has 6 heteroatoms. The average molecular weight is 370 g/mol. The molecular weight excluding hydrogens is 357 g/mol. The number of halogens is 3. The van der Waals surface area contributed by atoms with Crippen molar-refractivity contribution in [3.63, 3.8) is 0 Å². The van der Waals surface area contributed by atoms with E-state index in [1.807, 2.05) is 0 Å². The molecule has 0 bridgehead atoms. The topological polar surface area (TPSA) is 43.4 Å². The van der Waals surface area contributed by atoms with Crippen molar-refractivity contribution < 1.29 is 27.5 Å². The summed E-state index contributed by atoms with van der Waals surface area (Å²) in [6, 6.07) is 18.4. The van der Waals surface area contributed by atoms with Crippen LogP contribution >= 0.6 is 0 Å². The van der Waals surface area contributed by atoms with E-state index in [1.165, 1.54) is 24.3 Å². The van der Waals surface area contributed by atoms with E-state index in [0.29, 0.717) is 11.1 Å². The van der Waals surface area contributed by atoms with Gasteiger partial charge in [-0.05, 0) is 48.5 Å². The van der Waals surface area contributed by atoms with E-state index in [4.69, 9.17) is 4.74 Å². The van der Waals surface area contributed by atoms with Gasteiger partial charge in [-0.25, -0.2) is 4.79 Å². The predicted octanol–water partition coefficient (Wildman–Crippen LogP) is 5.16. The maximum absolute atomic E-state index is 12.5. The monoisotopic (exact) mass is 370 g/mol. The summed E-state index contributed by atoms with van der Waals surface area (Å²) < 4.78 is 42.8. The Kier molecular flexibility index (Phi) is 5.07. The highest BCUT2D eigenvalue weighted by molar-refractivity contribution is 6.09. The van der Waals surface area contributed by atoms with E-state index in [0.717, 1.165) is 24.3 Å². The molecule has 3 aromatic carbocycles. The number of carbonyl (C=O) groups excluding carboxylic acids is 2. The normalized spacial score (nSPS) is 11.1. The largest absolute Gasteiger partial charge is 0.423 e. The maximum Gasteiger partial charge on any atom is 0.416 e. The van der Waals surface area contributed by atoms with Gasteiger partial charge in [0.2, 0.25) is 0 Å². The van der Waals surface area contributed by atoms with Crippen LogP contribution in [-0.2, 0) is 6.18 Å². The van der Waals surface area contributed by atoms with E-state index in [2.05, 4.69) is 0 Å². The van der Waals surface area contributed by atoms with Gasteiger partial charge in [0.25, 0.3) is 0 Å². The zero-order chi connectivity index (χ0) is 19.4. The predicted molar refractivity (Wildman–Crippen MR) is 92.7 cm³/mol. The van der Waals surface area contributed by atoms with Gasteiger partial charge in [-0.3, -0.25) is 4.79 Å². The highest BCUT2D eigenvalue weighted by Gasteiger charge is 2.30. The summed E-state index contributed by atoms with van der Waals surface area (Å²) in [6.07, 6.45) is -4.47. The minimum Gasteiger partial charge on any atom is -0.423 e. The molecule has 0 amide bonds. The lowest BCUT2D eigenvalue weighted by Gasteiger charge is -2.08. The Morgan fingerprint density at radius 3 is 1.74 bits per heavy atom. The highest BCUT2D eigenvalue weighted by atomic mass is 19.4. The standard InChI is InChI=1S/C21H13F3O3/c22-21(23,24)17-10-6-16(7-11-17)20(26)27-18-12-8-15(9-13-18)19(25)14-4-2-1-3-5-14/h1-13H. The molecule has 0 saturated carbocycles. The third-order valence-electron chi connectivity index (χ3n) is 3.81. The second-order valence-electron chi connectivity index (χ2n) is 5.68. The number of ether oxygens (including phenoxy) is 1. The van der Waals surface area contributed by atoms with Gasteiger partial charge in [-0.1, -0.05) is 30.3 Å². The van der Waals surface area contributed by atoms with Crippen molar-refractivity contribution in [1.82, 2.24) is 0 Å². The molecule has 0 radical (unpaired) electrons. The first-order valence-corrected chi connectivity index (χ1v) is 7.94. The molecule has 0 aliphatic carbocycles. The Morgan fingerprint density at radius 2 is 1.19 bits per heavy atom. The number of benzene rings is 3. The summed E-state index contributed by atoms with van der Waals surface area (Å²) in [6.45, 7) is 0. The summed E-state index contributed by atoms with van der Waals surface area (Å²) >= 11 is 0. The molecule has 0 aromatic heterocycles. The van der Waals surface area contributed by atoms with E-state index in [1.54, 1.807) is 30.3 Å². The van der Waals surface area contributed by atoms with Gasteiger partial charge in [0.1, 0.15) is 5.75 Å². The summed E-state index contributed by atoms with van der Waals surface area (Å²) in [5.41, 5.74) is 0.109. The quantitative estimate of drug-likeness (QED) is 0.362. The Labute approximate surface area is 153 Å². The van der Waals surface area contributed by atoms with E-state index < -0.39 is 17.7 Å². The first-order chi connectivity index (χ1) is 12.8. The van der Waals surface area contributed by atoms with Crippen molar-refractivity contribution in [2.75, 3.05) is 0 Å². The lowest BCUT2D eigenvalue weighted by molar-refractivity contribution is -0.137.